The number of aliphatic imine (C=N–C) groups is 1. The Balaban J connectivity index is 0.00000320. The number of likely N-dealkylation sites (N-methyl/N-ethyl adjacent to an activating group) is 1. The van der Waals surface area contributed by atoms with Gasteiger partial charge in [0.2, 0.25) is 0 Å². The monoisotopic (exact) mass is 522 g/mol. The summed E-state index contributed by atoms with van der Waals surface area (Å²) in [5, 5.41) is 6.77. The van der Waals surface area contributed by atoms with Gasteiger partial charge in [0.05, 0.1) is 0 Å². The van der Waals surface area contributed by atoms with E-state index in [-0.39, 0.29) is 24.0 Å². The summed E-state index contributed by atoms with van der Waals surface area (Å²) in [7, 11) is 1.80. The molecule has 1 aliphatic heterocycles. The molecule has 2 aromatic rings. The number of pyridine rings is 1. The van der Waals surface area contributed by atoms with Crippen LogP contribution in [0.1, 0.15) is 29.2 Å². The fraction of sp³-hybridized carbons (Fsp3) is 0.478. The van der Waals surface area contributed by atoms with Crippen LogP contribution in [-0.2, 0) is 13.1 Å². The average Bonchev–Trinajstić information content (AvgIpc) is 2.75. The third kappa shape index (κ3) is 6.84. The topological polar surface area (TPSA) is 55.8 Å². The van der Waals surface area contributed by atoms with Crippen LogP contribution in [0.2, 0.25) is 0 Å². The molecule has 0 spiro atoms. The zero-order valence-corrected chi connectivity index (χ0v) is 20.9. The van der Waals surface area contributed by atoms with Gasteiger partial charge in [-0.25, -0.2) is 4.98 Å². The van der Waals surface area contributed by atoms with Crippen molar-refractivity contribution in [1.82, 2.24) is 20.5 Å². The van der Waals surface area contributed by atoms with Gasteiger partial charge in [0.15, 0.2) is 5.96 Å². The summed E-state index contributed by atoms with van der Waals surface area (Å²) in [5.74, 6) is 1.87. The number of benzene rings is 1. The van der Waals surface area contributed by atoms with Gasteiger partial charge in [0.1, 0.15) is 5.82 Å². The highest BCUT2D eigenvalue weighted by atomic mass is 127. The lowest BCUT2D eigenvalue weighted by Crippen LogP contribution is -2.46. The summed E-state index contributed by atoms with van der Waals surface area (Å²) in [6.07, 6.45) is 1.96. The Kier molecular flexibility index (Phi) is 9.84. The number of hydrogen-bond acceptors (Lipinski definition) is 4. The Labute approximate surface area is 198 Å². The second-order valence-electron chi connectivity index (χ2n) is 7.66. The molecule has 1 aromatic heterocycles. The number of nitrogens with one attached hydrogen (secondary N) is 2. The molecule has 2 heterocycles. The van der Waals surface area contributed by atoms with E-state index in [1.165, 1.54) is 16.7 Å². The SMILES string of the molecule is CCN1CCN(c2ccc(CNC(=NC)NCc3ccc(C)cc3C)cn2)CC1.I. The van der Waals surface area contributed by atoms with Gasteiger partial charge in [0.25, 0.3) is 0 Å². The minimum absolute atomic E-state index is 0. The Hall–Kier alpha value is -1.87. The first-order valence-electron chi connectivity index (χ1n) is 10.5. The van der Waals surface area contributed by atoms with Gasteiger partial charge in [-0.2, -0.15) is 0 Å². The molecule has 3 rings (SSSR count). The van der Waals surface area contributed by atoms with Gasteiger partial charge >= 0.3 is 0 Å². The molecule has 1 saturated heterocycles. The summed E-state index contributed by atoms with van der Waals surface area (Å²) in [6.45, 7) is 13.4. The first-order chi connectivity index (χ1) is 14.1. The molecular formula is C23H35IN6. The number of anilines is 1. The van der Waals surface area contributed by atoms with Crippen molar-refractivity contribution in [3.8, 4) is 0 Å². The highest BCUT2D eigenvalue weighted by molar-refractivity contribution is 14.0. The van der Waals surface area contributed by atoms with Gasteiger partial charge in [-0.05, 0) is 43.1 Å². The van der Waals surface area contributed by atoms with Crippen molar-refractivity contribution in [2.45, 2.75) is 33.9 Å². The van der Waals surface area contributed by atoms with Gasteiger partial charge < -0.3 is 20.4 Å². The quantitative estimate of drug-likeness (QED) is 0.347. The number of piperazine rings is 1. The number of aromatic nitrogens is 1. The van der Waals surface area contributed by atoms with Crippen LogP contribution < -0.4 is 15.5 Å². The Morgan fingerprint density at radius 2 is 1.77 bits per heavy atom. The Morgan fingerprint density at radius 3 is 2.37 bits per heavy atom. The van der Waals surface area contributed by atoms with Crippen LogP contribution in [0.25, 0.3) is 0 Å². The number of rotatable bonds is 6. The third-order valence-electron chi connectivity index (χ3n) is 5.58. The van der Waals surface area contributed by atoms with Crippen LogP contribution in [-0.4, -0.2) is 55.6 Å². The van der Waals surface area contributed by atoms with Crippen molar-refractivity contribution in [2.75, 3.05) is 44.7 Å². The molecule has 30 heavy (non-hydrogen) atoms. The fourth-order valence-corrected chi connectivity index (χ4v) is 3.63. The van der Waals surface area contributed by atoms with E-state index < -0.39 is 0 Å². The fourth-order valence-electron chi connectivity index (χ4n) is 3.63. The summed E-state index contributed by atoms with van der Waals surface area (Å²) in [5.41, 5.74) is 5.02. The van der Waals surface area contributed by atoms with Gasteiger partial charge in [0, 0.05) is 52.5 Å². The van der Waals surface area contributed by atoms with Crippen LogP contribution in [0.3, 0.4) is 0 Å². The molecule has 0 bridgehead atoms. The van der Waals surface area contributed by atoms with Crippen molar-refractivity contribution < 1.29 is 0 Å². The van der Waals surface area contributed by atoms with Gasteiger partial charge in [-0.15, -0.1) is 24.0 Å². The standard InChI is InChI=1S/C23H34N6.HI/c1-5-28-10-12-29(13-11-28)22-9-7-20(15-25-22)16-26-23(24-4)27-17-21-8-6-18(2)14-19(21)3;/h6-9,14-15H,5,10-13,16-17H2,1-4H3,(H2,24,26,27);1H. The van der Waals surface area contributed by atoms with Crippen LogP contribution in [0.5, 0.6) is 0 Å². The van der Waals surface area contributed by atoms with E-state index in [2.05, 4.69) is 81.5 Å². The zero-order chi connectivity index (χ0) is 20.6. The molecule has 1 fully saturated rings. The van der Waals surface area contributed by atoms with Gasteiger partial charge in [-0.1, -0.05) is 36.8 Å². The smallest absolute Gasteiger partial charge is 0.191 e. The minimum Gasteiger partial charge on any atom is -0.354 e. The highest BCUT2D eigenvalue weighted by Gasteiger charge is 2.16. The second-order valence-corrected chi connectivity index (χ2v) is 7.66. The number of nitrogens with zero attached hydrogens (tertiary/aromatic N) is 4. The molecule has 0 aliphatic carbocycles. The maximum atomic E-state index is 4.68. The van der Waals surface area contributed by atoms with Crippen molar-refractivity contribution in [1.29, 1.82) is 0 Å². The van der Waals surface area contributed by atoms with E-state index in [1.54, 1.807) is 7.05 Å². The predicted molar refractivity (Wildman–Crippen MR) is 137 cm³/mol. The molecule has 7 heteroatoms. The van der Waals surface area contributed by atoms with Crippen LogP contribution in [0.4, 0.5) is 5.82 Å². The summed E-state index contributed by atoms with van der Waals surface area (Å²) >= 11 is 0. The van der Waals surface area contributed by atoms with E-state index in [4.69, 9.17) is 0 Å². The van der Waals surface area contributed by atoms with E-state index in [0.29, 0.717) is 6.54 Å². The molecule has 0 amide bonds. The third-order valence-corrected chi connectivity index (χ3v) is 5.58. The summed E-state index contributed by atoms with van der Waals surface area (Å²) in [4.78, 5) is 13.9. The number of halogens is 1. The summed E-state index contributed by atoms with van der Waals surface area (Å²) in [6, 6.07) is 10.8. The van der Waals surface area contributed by atoms with E-state index in [1.807, 2.05) is 6.20 Å². The lowest BCUT2D eigenvalue weighted by Gasteiger charge is -2.34. The lowest BCUT2D eigenvalue weighted by molar-refractivity contribution is 0.270. The average molecular weight is 522 g/mol. The maximum Gasteiger partial charge on any atom is 0.191 e. The molecule has 0 atom stereocenters. The molecule has 6 nitrogen and oxygen atoms in total. The van der Waals surface area contributed by atoms with Gasteiger partial charge in [-0.3, -0.25) is 4.99 Å². The molecule has 0 radical (unpaired) electrons. The van der Waals surface area contributed by atoms with Crippen LogP contribution in [0.15, 0.2) is 41.5 Å². The number of guanidine groups is 1. The van der Waals surface area contributed by atoms with E-state index in [9.17, 15) is 0 Å². The molecule has 0 unspecified atom stereocenters. The molecule has 1 aromatic carbocycles. The predicted octanol–water partition coefficient (Wildman–Crippen LogP) is 3.32. The maximum absolute atomic E-state index is 4.68. The molecule has 164 valence electrons. The summed E-state index contributed by atoms with van der Waals surface area (Å²) < 4.78 is 0. The second kappa shape index (κ2) is 12.1. The van der Waals surface area contributed by atoms with Crippen molar-refractivity contribution in [3.05, 3.63) is 58.8 Å². The largest absolute Gasteiger partial charge is 0.354 e. The van der Waals surface area contributed by atoms with Crippen LogP contribution >= 0.6 is 24.0 Å². The van der Waals surface area contributed by atoms with E-state index >= 15 is 0 Å². The highest BCUT2D eigenvalue weighted by Crippen LogP contribution is 2.14. The molecule has 1 aliphatic rings. The molecular weight excluding hydrogens is 487 g/mol. The first-order valence-corrected chi connectivity index (χ1v) is 10.5. The zero-order valence-electron chi connectivity index (χ0n) is 18.6. The van der Waals surface area contributed by atoms with Crippen molar-refractivity contribution in [2.24, 2.45) is 4.99 Å². The normalized spacial score (nSPS) is 14.9. The Bertz CT molecular complexity index is 813. The molecule has 2 N–H and O–H groups in total. The van der Waals surface area contributed by atoms with E-state index in [0.717, 1.165) is 56.6 Å². The Morgan fingerprint density at radius 1 is 1.03 bits per heavy atom. The molecule has 0 saturated carbocycles. The lowest BCUT2D eigenvalue weighted by atomic mass is 10.1. The minimum atomic E-state index is 0. The number of aryl methyl sites for hydroxylation is 2. The van der Waals surface area contributed by atoms with Crippen molar-refractivity contribution in [3.63, 3.8) is 0 Å². The number of hydrogen-bond donors (Lipinski definition) is 2. The van der Waals surface area contributed by atoms with Crippen LogP contribution in [0, 0.1) is 13.8 Å². The van der Waals surface area contributed by atoms with Crippen molar-refractivity contribution >= 4 is 35.8 Å². The first kappa shape index (κ1) is 24.4.